The minimum atomic E-state index is -0.427. The number of aromatic nitrogens is 3. The third-order valence-electron chi connectivity index (χ3n) is 2.03. The first-order valence-electron chi connectivity index (χ1n) is 5.20. The average molecular weight is 224 g/mol. The Hall–Kier alpha value is -1.72. The molecule has 2 N–H and O–H groups in total. The maximum Gasteiger partial charge on any atom is 0.274 e. The first-order valence-corrected chi connectivity index (χ1v) is 5.20. The van der Waals surface area contributed by atoms with Crippen molar-refractivity contribution in [3.05, 3.63) is 22.4 Å². The molecule has 1 heterocycles. The molecule has 1 unspecified atom stereocenters. The lowest BCUT2D eigenvalue weighted by Gasteiger charge is -2.12. The Labute approximate surface area is 93.5 Å². The first-order chi connectivity index (χ1) is 7.50. The highest BCUT2D eigenvalue weighted by atomic mass is 16.2. The summed E-state index contributed by atoms with van der Waals surface area (Å²) >= 11 is 0. The van der Waals surface area contributed by atoms with Crippen molar-refractivity contribution in [1.29, 1.82) is 0 Å². The van der Waals surface area contributed by atoms with E-state index in [4.69, 9.17) is 0 Å². The van der Waals surface area contributed by atoms with Crippen LogP contribution < -0.4 is 10.9 Å². The molecular weight excluding hydrogens is 208 g/mol. The van der Waals surface area contributed by atoms with Gasteiger partial charge in [-0.05, 0) is 12.8 Å². The molecule has 16 heavy (non-hydrogen) atoms. The number of carbonyl (C=O) groups is 1. The van der Waals surface area contributed by atoms with Gasteiger partial charge in [-0.25, -0.2) is 0 Å². The van der Waals surface area contributed by atoms with E-state index in [1.807, 2.05) is 13.8 Å². The van der Waals surface area contributed by atoms with Crippen molar-refractivity contribution in [2.75, 3.05) is 0 Å². The molecule has 0 saturated heterocycles. The van der Waals surface area contributed by atoms with Gasteiger partial charge in [0.05, 0.1) is 6.04 Å². The van der Waals surface area contributed by atoms with Crippen LogP contribution in [0, 0.1) is 5.92 Å². The van der Waals surface area contributed by atoms with Crippen LogP contribution in [0.4, 0.5) is 0 Å². The Bertz CT molecular complexity index is 413. The van der Waals surface area contributed by atoms with E-state index < -0.39 is 6.04 Å². The van der Waals surface area contributed by atoms with Crippen LogP contribution in [0.3, 0.4) is 0 Å². The van der Waals surface area contributed by atoms with Gasteiger partial charge in [0.2, 0.25) is 5.91 Å². The standard InChI is InChI=1S/C10H16N4O2/c1-6(2)4-8(15)13-7(3)9-10(16)11-5-12-14-9/h5-7H,4H2,1-3H3,(H,13,15)(H,11,12,16). The van der Waals surface area contributed by atoms with E-state index in [2.05, 4.69) is 20.5 Å². The van der Waals surface area contributed by atoms with E-state index >= 15 is 0 Å². The Morgan fingerprint density at radius 1 is 1.50 bits per heavy atom. The normalized spacial score (nSPS) is 12.5. The average Bonchev–Trinajstić information content (AvgIpc) is 2.16. The van der Waals surface area contributed by atoms with Gasteiger partial charge in [0.15, 0.2) is 0 Å². The number of nitrogens with zero attached hydrogens (tertiary/aromatic N) is 2. The number of rotatable bonds is 4. The van der Waals surface area contributed by atoms with Gasteiger partial charge in [0.25, 0.3) is 5.56 Å². The molecule has 1 aromatic rings. The van der Waals surface area contributed by atoms with Crippen LogP contribution in [0.1, 0.15) is 38.9 Å². The van der Waals surface area contributed by atoms with Crippen LogP contribution in [0.2, 0.25) is 0 Å². The maximum absolute atomic E-state index is 11.5. The van der Waals surface area contributed by atoms with E-state index in [0.717, 1.165) is 0 Å². The Morgan fingerprint density at radius 2 is 2.19 bits per heavy atom. The lowest BCUT2D eigenvalue weighted by atomic mass is 10.1. The summed E-state index contributed by atoms with van der Waals surface area (Å²) in [7, 11) is 0. The fourth-order valence-electron chi connectivity index (χ4n) is 1.32. The van der Waals surface area contributed by atoms with Gasteiger partial charge in [-0.2, -0.15) is 0 Å². The zero-order chi connectivity index (χ0) is 12.1. The zero-order valence-electron chi connectivity index (χ0n) is 9.65. The number of H-pyrrole nitrogens is 1. The summed E-state index contributed by atoms with van der Waals surface area (Å²) in [4.78, 5) is 25.2. The minimum Gasteiger partial charge on any atom is -0.348 e. The molecular formula is C10H16N4O2. The van der Waals surface area contributed by atoms with E-state index in [1.54, 1.807) is 6.92 Å². The SMILES string of the molecule is CC(C)CC(=O)NC(C)c1nnc[nH]c1=O. The van der Waals surface area contributed by atoms with Crippen LogP contribution >= 0.6 is 0 Å². The predicted octanol–water partition coefficient (Wildman–Crippen LogP) is 0.388. The molecule has 1 amide bonds. The molecule has 0 radical (unpaired) electrons. The van der Waals surface area contributed by atoms with Gasteiger partial charge in [0, 0.05) is 6.42 Å². The molecule has 0 aliphatic carbocycles. The third kappa shape index (κ3) is 3.45. The van der Waals surface area contributed by atoms with E-state index in [0.29, 0.717) is 6.42 Å². The fourth-order valence-corrected chi connectivity index (χ4v) is 1.32. The van der Waals surface area contributed by atoms with Crippen molar-refractivity contribution < 1.29 is 4.79 Å². The van der Waals surface area contributed by atoms with Crippen molar-refractivity contribution in [2.45, 2.75) is 33.2 Å². The van der Waals surface area contributed by atoms with Crippen LogP contribution in [0.5, 0.6) is 0 Å². The summed E-state index contributed by atoms with van der Waals surface area (Å²) in [5, 5.41) is 9.99. The second-order valence-corrected chi connectivity index (χ2v) is 4.09. The van der Waals surface area contributed by atoms with Crippen molar-refractivity contribution in [1.82, 2.24) is 20.5 Å². The predicted molar refractivity (Wildman–Crippen MR) is 58.7 cm³/mol. The number of aromatic amines is 1. The summed E-state index contributed by atoms with van der Waals surface area (Å²) < 4.78 is 0. The summed E-state index contributed by atoms with van der Waals surface area (Å²) in [5.74, 6) is 0.194. The smallest absolute Gasteiger partial charge is 0.274 e. The van der Waals surface area contributed by atoms with Gasteiger partial charge < -0.3 is 10.3 Å². The van der Waals surface area contributed by atoms with E-state index in [1.165, 1.54) is 6.33 Å². The lowest BCUT2D eigenvalue weighted by molar-refractivity contribution is -0.122. The summed E-state index contributed by atoms with van der Waals surface area (Å²) in [5.41, 5.74) is -0.105. The first kappa shape index (κ1) is 12.4. The van der Waals surface area contributed by atoms with Gasteiger partial charge in [-0.3, -0.25) is 9.59 Å². The number of nitrogens with one attached hydrogen (secondary N) is 2. The second kappa shape index (κ2) is 5.39. The summed E-state index contributed by atoms with van der Waals surface area (Å²) in [6.07, 6.45) is 1.65. The molecule has 0 aromatic carbocycles. The van der Waals surface area contributed by atoms with E-state index in [9.17, 15) is 9.59 Å². The number of amides is 1. The topological polar surface area (TPSA) is 87.7 Å². The Kier molecular flexibility index (Phi) is 4.16. The summed E-state index contributed by atoms with van der Waals surface area (Å²) in [6, 6.07) is -0.427. The molecule has 0 aliphatic rings. The van der Waals surface area contributed by atoms with Crippen molar-refractivity contribution >= 4 is 5.91 Å². The van der Waals surface area contributed by atoms with Gasteiger partial charge in [-0.15, -0.1) is 10.2 Å². The molecule has 88 valence electrons. The molecule has 0 saturated carbocycles. The highest BCUT2D eigenvalue weighted by Gasteiger charge is 2.14. The van der Waals surface area contributed by atoms with Crippen LogP contribution in [-0.2, 0) is 4.79 Å². The highest BCUT2D eigenvalue weighted by molar-refractivity contribution is 5.76. The van der Waals surface area contributed by atoms with Crippen molar-refractivity contribution in [3.8, 4) is 0 Å². The molecule has 1 rings (SSSR count). The molecule has 1 atom stereocenters. The van der Waals surface area contributed by atoms with Gasteiger partial charge in [0.1, 0.15) is 12.0 Å². The molecule has 0 spiro atoms. The quantitative estimate of drug-likeness (QED) is 0.774. The molecule has 6 heteroatoms. The highest BCUT2D eigenvalue weighted by Crippen LogP contribution is 2.05. The molecule has 0 bridgehead atoms. The minimum absolute atomic E-state index is 0.0902. The number of carbonyl (C=O) groups excluding carboxylic acids is 1. The maximum atomic E-state index is 11.5. The fraction of sp³-hybridized carbons (Fsp3) is 0.600. The van der Waals surface area contributed by atoms with Gasteiger partial charge in [-0.1, -0.05) is 13.8 Å². The van der Waals surface area contributed by atoms with Crippen LogP contribution in [0.25, 0.3) is 0 Å². The molecule has 1 aromatic heterocycles. The molecule has 0 fully saturated rings. The number of hydrogen-bond donors (Lipinski definition) is 2. The lowest BCUT2D eigenvalue weighted by Crippen LogP contribution is -2.32. The molecule has 6 nitrogen and oxygen atoms in total. The second-order valence-electron chi connectivity index (χ2n) is 4.09. The number of hydrogen-bond acceptors (Lipinski definition) is 4. The monoisotopic (exact) mass is 224 g/mol. The van der Waals surface area contributed by atoms with Crippen molar-refractivity contribution in [2.24, 2.45) is 5.92 Å². The van der Waals surface area contributed by atoms with Gasteiger partial charge >= 0.3 is 0 Å². The van der Waals surface area contributed by atoms with Crippen molar-refractivity contribution in [3.63, 3.8) is 0 Å². The summed E-state index contributed by atoms with van der Waals surface area (Å²) in [6.45, 7) is 5.62. The van der Waals surface area contributed by atoms with Crippen LogP contribution in [0.15, 0.2) is 11.1 Å². The Morgan fingerprint density at radius 3 is 2.75 bits per heavy atom. The molecule has 0 aliphatic heterocycles. The Balaban J connectivity index is 2.66. The largest absolute Gasteiger partial charge is 0.348 e. The van der Waals surface area contributed by atoms with E-state index in [-0.39, 0.29) is 23.1 Å². The van der Waals surface area contributed by atoms with Crippen LogP contribution in [-0.4, -0.2) is 21.1 Å². The zero-order valence-corrected chi connectivity index (χ0v) is 9.65. The third-order valence-corrected chi connectivity index (χ3v) is 2.03.